The second-order valence-electron chi connectivity index (χ2n) is 7.38. The van der Waals surface area contributed by atoms with Gasteiger partial charge in [-0.25, -0.2) is 4.68 Å². The lowest BCUT2D eigenvalue weighted by Crippen LogP contribution is -2.47. The molecule has 6 nitrogen and oxygen atoms in total. The molecule has 0 radical (unpaired) electrons. The quantitative estimate of drug-likeness (QED) is 0.584. The van der Waals surface area contributed by atoms with Gasteiger partial charge < -0.3 is 0 Å². The predicted molar refractivity (Wildman–Crippen MR) is 112 cm³/mol. The van der Waals surface area contributed by atoms with Gasteiger partial charge in [-0.2, -0.15) is 0 Å². The summed E-state index contributed by atoms with van der Waals surface area (Å²) in [5.41, 5.74) is 1.39. The van der Waals surface area contributed by atoms with Crippen LogP contribution in [-0.2, 0) is 13.1 Å². The molecule has 7 heteroatoms. The number of tetrazole rings is 1. The summed E-state index contributed by atoms with van der Waals surface area (Å²) in [6.45, 7) is 8.32. The van der Waals surface area contributed by atoms with Crippen molar-refractivity contribution in [2.45, 2.75) is 38.9 Å². The highest BCUT2D eigenvalue weighted by Crippen LogP contribution is 2.26. The average Bonchev–Trinajstić information content (AvgIpc) is 3.40. The Morgan fingerprint density at radius 2 is 1.82 bits per heavy atom. The molecular weight excluding hydrogens is 368 g/mol. The molecular formula is C21H28N6S. The molecule has 0 amide bonds. The molecule has 3 aromatic rings. The number of hydrogen-bond acceptors (Lipinski definition) is 6. The molecule has 1 aliphatic heterocycles. The van der Waals surface area contributed by atoms with Crippen LogP contribution in [0.4, 0.5) is 0 Å². The summed E-state index contributed by atoms with van der Waals surface area (Å²) in [6.07, 6.45) is 2.21. The average molecular weight is 397 g/mol. The molecule has 0 N–H and O–H groups in total. The van der Waals surface area contributed by atoms with Crippen LogP contribution in [0.25, 0.3) is 0 Å². The lowest BCUT2D eigenvalue weighted by atomic mass is 10.1. The van der Waals surface area contributed by atoms with Gasteiger partial charge in [0.05, 0.1) is 12.6 Å². The SMILES string of the molecule is CCCC(c1nnnn1Cc1cccs1)N1CCN(Cc2ccccc2)CC1. The van der Waals surface area contributed by atoms with E-state index in [2.05, 4.69) is 80.1 Å². The van der Waals surface area contributed by atoms with Crippen LogP contribution in [0.5, 0.6) is 0 Å². The van der Waals surface area contributed by atoms with Crippen molar-refractivity contribution in [3.8, 4) is 0 Å². The highest BCUT2D eigenvalue weighted by Gasteiger charge is 2.28. The predicted octanol–water partition coefficient (Wildman–Crippen LogP) is 3.44. The molecule has 3 heterocycles. The Labute approximate surface area is 170 Å². The van der Waals surface area contributed by atoms with Gasteiger partial charge in [-0.3, -0.25) is 9.80 Å². The van der Waals surface area contributed by atoms with Gasteiger partial charge in [-0.05, 0) is 33.9 Å². The summed E-state index contributed by atoms with van der Waals surface area (Å²) in [5, 5.41) is 14.8. The Morgan fingerprint density at radius 1 is 1.00 bits per heavy atom. The number of rotatable bonds is 8. The molecule has 0 spiro atoms. The molecule has 1 fully saturated rings. The van der Waals surface area contributed by atoms with Crippen LogP contribution in [0.3, 0.4) is 0 Å². The second kappa shape index (κ2) is 9.41. The van der Waals surface area contributed by atoms with Crippen molar-refractivity contribution in [1.29, 1.82) is 0 Å². The topological polar surface area (TPSA) is 50.1 Å². The number of thiophene rings is 1. The monoisotopic (exact) mass is 396 g/mol. The van der Waals surface area contributed by atoms with Crippen molar-refractivity contribution in [2.75, 3.05) is 26.2 Å². The fourth-order valence-electron chi connectivity index (χ4n) is 3.94. The van der Waals surface area contributed by atoms with E-state index in [0.29, 0.717) is 6.04 Å². The van der Waals surface area contributed by atoms with E-state index in [0.717, 1.165) is 57.9 Å². The number of benzene rings is 1. The first-order valence-electron chi connectivity index (χ1n) is 10.1. The Hall–Kier alpha value is -2.09. The summed E-state index contributed by atoms with van der Waals surface area (Å²) in [7, 11) is 0. The van der Waals surface area contributed by atoms with Crippen LogP contribution in [0.15, 0.2) is 47.8 Å². The fourth-order valence-corrected chi connectivity index (χ4v) is 4.62. The van der Waals surface area contributed by atoms with E-state index in [9.17, 15) is 0 Å². The molecule has 1 aliphatic rings. The van der Waals surface area contributed by atoms with Crippen molar-refractivity contribution in [1.82, 2.24) is 30.0 Å². The molecule has 148 valence electrons. The number of hydrogen-bond donors (Lipinski definition) is 0. The zero-order valence-electron chi connectivity index (χ0n) is 16.4. The van der Waals surface area contributed by atoms with Crippen molar-refractivity contribution >= 4 is 11.3 Å². The van der Waals surface area contributed by atoms with E-state index in [1.54, 1.807) is 11.3 Å². The first-order chi connectivity index (χ1) is 13.8. The Balaban J connectivity index is 1.41. The van der Waals surface area contributed by atoms with E-state index in [1.807, 2.05) is 4.68 Å². The third-order valence-corrected chi connectivity index (χ3v) is 6.26. The van der Waals surface area contributed by atoms with Gasteiger partial charge in [0.1, 0.15) is 0 Å². The lowest BCUT2D eigenvalue weighted by molar-refractivity contribution is 0.0821. The van der Waals surface area contributed by atoms with Crippen molar-refractivity contribution in [3.05, 3.63) is 64.1 Å². The second-order valence-corrected chi connectivity index (χ2v) is 8.41. The van der Waals surface area contributed by atoms with Gasteiger partial charge in [0, 0.05) is 37.6 Å². The highest BCUT2D eigenvalue weighted by atomic mass is 32.1. The van der Waals surface area contributed by atoms with Gasteiger partial charge in [-0.1, -0.05) is 49.7 Å². The lowest BCUT2D eigenvalue weighted by Gasteiger charge is -2.38. The zero-order valence-corrected chi connectivity index (χ0v) is 17.3. The molecule has 1 atom stereocenters. The van der Waals surface area contributed by atoms with E-state index in [1.165, 1.54) is 10.4 Å². The fraction of sp³-hybridized carbons (Fsp3) is 0.476. The van der Waals surface area contributed by atoms with Gasteiger partial charge in [0.2, 0.25) is 0 Å². The van der Waals surface area contributed by atoms with Crippen LogP contribution < -0.4 is 0 Å². The van der Waals surface area contributed by atoms with E-state index in [4.69, 9.17) is 0 Å². The van der Waals surface area contributed by atoms with Crippen LogP contribution in [0.1, 0.15) is 42.1 Å². The highest BCUT2D eigenvalue weighted by molar-refractivity contribution is 7.09. The molecule has 0 aliphatic carbocycles. The maximum Gasteiger partial charge on any atom is 0.168 e. The van der Waals surface area contributed by atoms with Crippen LogP contribution in [0.2, 0.25) is 0 Å². The van der Waals surface area contributed by atoms with Crippen molar-refractivity contribution in [2.24, 2.45) is 0 Å². The van der Waals surface area contributed by atoms with Crippen LogP contribution in [-0.4, -0.2) is 56.2 Å². The molecule has 1 unspecified atom stereocenters. The minimum Gasteiger partial charge on any atom is -0.297 e. The zero-order chi connectivity index (χ0) is 19.2. The maximum atomic E-state index is 4.43. The van der Waals surface area contributed by atoms with Crippen LogP contribution in [0, 0.1) is 0 Å². The largest absolute Gasteiger partial charge is 0.297 e. The molecule has 28 heavy (non-hydrogen) atoms. The minimum absolute atomic E-state index is 0.291. The number of nitrogens with zero attached hydrogens (tertiary/aromatic N) is 6. The first-order valence-corrected chi connectivity index (χ1v) is 11.0. The number of piperazine rings is 1. The minimum atomic E-state index is 0.291. The van der Waals surface area contributed by atoms with Crippen molar-refractivity contribution < 1.29 is 0 Å². The van der Waals surface area contributed by atoms with E-state index < -0.39 is 0 Å². The van der Waals surface area contributed by atoms with Gasteiger partial charge in [0.15, 0.2) is 5.82 Å². The third-order valence-electron chi connectivity index (χ3n) is 5.40. The third kappa shape index (κ3) is 4.66. The number of aromatic nitrogens is 4. The molecule has 0 saturated carbocycles. The smallest absolute Gasteiger partial charge is 0.168 e. The Morgan fingerprint density at radius 3 is 2.54 bits per heavy atom. The van der Waals surface area contributed by atoms with Gasteiger partial charge in [0.25, 0.3) is 0 Å². The van der Waals surface area contributed by atoms with Crippen LogP contribution >= 0.6 is 11.3 Å². The molecule has 1 saturated heterocycles. The summed E-state index contributed by atoms with van der Waals surface area (Å²) < 4.78 is 1.99. The molecule has 2 aromatic heterocycles. The standard InChI is InChI=1S/C21H28N6S/c1-2-7-20(21-22-23-24-27(21)17-19-10-6-15-28-19)26-13-11-25(12-14-26)16-18-8-4-3-5-9-18/h3-6,8-10,15,20H,2,7,11-14,16-17H2,1H3. The van der Waals surface area contributed by atoms with E-state index in [-0.39, 0.29) is 0 Å². The van der Waals surface area contributed by atoms with E-state index >= 15 is 0 Å². The summed E-state index contributed by atoms with van der Waals surface area (Å²) in [5.74, 6) is 1.01. The van der Waals surface area contributed by atoms with Gasteiger partial charge in [-0.15, -0.1) is 16.4 Å². The maximum absolute atomic E-state index is 4.43. The Bertz CT molecular complexity index is 824. The molecule has 1 aromatic carbocycles. The summed E-state index contributed by atoms with van der Waals surface area (Å²) >= 11 is 1.76. The summed E-state index contributed by atoms with van der Waals surface area (Å²) in [4.78, 5) is 6.40. The Kier molecular flexibility index (Phi) is 6.46. The van der Waals surface area contributed by atoms with Crippen molar-refractivity contribution in [3.63, 3.8) is 0 Å². The van der Waals surface area contributed by atoms with Gasteiger partial charge >= 0.3 is 0 Å². The first kappa shape index (κ1) is 19.2. The normalized spacial score (nSPS) is 17.0. The molecule has 4 rings (SSSR count). The molecule has 0 bridgehead atoms. The summed E-state index contributed by atoms with van der Waals surface area (Å²) in [6, 6.07) is 15.3.